The predicted octanol–water partition coefficient (Wildman–Crippen LogP) is 2.06. The summed E-state index contributed by atoms with van der Waals surface area (Å²) in [5.41, 5.74) is -0.917. The highest BCUT2D eigenvalue weighted by atomic mass is 19.4. The molecule has 114 valence electrons. The van der Waals surface area contributed by atoms with Crippen LogP contribution in [0.15, 0.2) is 31.0 Å². The lowest BCUT2D eigenvalue weighted by Gasteiger charge is -2.38. The molecular weight excluding hydrogens is 287 g/mol. The van der Waals surface area contributed by atoms with Crippen molar-refractivity contribution in [3.8, 4) is 5.88 Å². The number of nitrogens with zero attached hydrogens (tertiary/aromatic N) is 2. The minimum Gasteiger partial charge on any atom is -0.470 e. The normalized spacial score (nSPS) is 15.3. The Kier molecular flexibility index (Phi) is 4.35. The van der Waals surface area contributed by atoms with Crippen LogP contribution in [-0.4, -0.2) is 41.7 Å². The molecular formula is C13H14F3N3O2. The van der Waals surface area contributed by atoms with Gasteiger partial charge in [-0.05, 0) is 12.1 Å². The molecule has 1 aromatic rings. The summed E-state index contributed by atoms with van der Waals surface area (Å²) >= 11 is 0. The van der Waals surface area contributed by atoms with E-state index < -0.39 is 23.7 Å². The second-order valence-electron chi connectivity index (χ2n) is 4.47. The number of carbonyl (C=O) groups is 1. The molecule has 1 N–H and O–H groups in total. The van der Waals surface area contributed by atoms with Gasteiger partial charge in [-0.1, -0.05) is 6.08 Å². The van der Waals surface area contributed by atoms with Gasteiger partial charge >= 0.3 is 12.2 Å². The third-order valence-electron chi connectivity index (χ3n) is 2.89. The zero-order valence-corrected chi connectivity index (χ0v) is 11.1. The summed E-state index contributed by atoms with van der Waals surface area (Å²) in [6.45, 7) is 4.24. The van der Waals surface area contributed by atoms with Gasteiger partial charge in [-0.15, -0.1) is 6.58 Å². The van der Waals surface area contributed by atoms with E-state index >= 15 is 0 Å². The van der Waals surface area contributed by atoms with E-state index in [1.165, 1.54) is 23.2 Å². The number of ether oxygens (including phenoxy) is 1. The topological polar surface area (TPSA) is 54.5 Å². The first-order valence-electron chi connectivity index (χ1n) is 6.24. The van der Waals surface area contributed by atoms with Crippen LogP contribution in [0, 0.1) is 0 Å². The third-order valence-corrected chi connectivity index (χ3v) is 2.89. The molecule has 2 heterocycles. The molecule has 0 aliphatic carbocycles. The quantitative estimate of drug-likeness (QED) is 0.866. The Morgan fingerprint density at radius 1 is 1.57 bits per heavy atom. The van der Waals surface area contributed by atoms with Crippen molar-refractivity contribution in [2.24, 2.45) is 0 Å². The number of pyridine rings is 1. The lowest BCUT2D eigenvalue weighted by Crippen LogP contribution is -2.59. The molecule has 2 amide bonds. The van der Waals surface area contributed by atoms with Crippen molar-refractivity contribution in [1.82, 2.24) is 15.2 Å². The van der Waals surface area contributed by atoms with Crippen LogP contribution in [-0.2, 0) is 6.18 Å². The number of amides is 2. The second-order valence-corrected chi connectivity index (χ2v) is 4.47. The molecule has 1 fully saturated rings. The number of halogens is 3. The Morgan fingerprint density at radius 2 is 2.29 bits per heavy atom. The van der Waals surface area contributed by atoms with Crippen LogP contribution in [0.2, 0.25) is 0 Å². The minimum absolute atomic E-state index is 0.219. The Morgan fingerprint density at radius 3 is 2.90 bits per heavy atom. The van der Waals surface area contributed by atoms with Crippen LogP contribution < -0.4 is 10.1 Å². The first kappa shape index (κ1) is 15.1. The van der Waals surface area contributed by atoms with E-state index in [1.54, 1.807) is 0 Å². The Hall–Kier alpha value is -2.25. The lowest BCUT2D eigenvalue weighted by molar-refractivity contribution is -0.140. The van der Waals surface area contributed by atoms with Crippen LogP contribution in [0.1, 0.15) is 5.56 Å². The molecule has 1 saturated heterocycles. The van der Waals surface area contributed by atoms with E-state index in [1.807, 2.05) is 0 Å². The number of hydrogen-bond donors (Lipinski definition) is 1. The van der Waals surface area contributed by atoms with Gasteiger partial charge in [0.1, 0.15) is 11.7 Å². The third kappa shape index (κ3) is 3.65. The Balaban J connectivity index is 1.91. The minimum atomic E-state index is -4.52. The highest BCUT2D eigenvalue weighted by Crippen LogP contribution is 2.35. The summed E-state index contributed by atoms with van der Waals surface area (Å²) in [5.74, 6) is -0.457. The molecule has 0 aromatic carbocycles. The summed E-state index contributed by atoms with van der Waals surface area (Å²) < 4.78 is 43.5. The van der Waals surface area contributed by atoms with Crippen LogP contribution in [0.5, 0.6) is 5.88 Å². The Bertz CT molecular complexity index is 528. The average Bonchev–Trinajstić information content (AvgIpc) is 2.39. The number of hydrogen-bond acceptors (Lipinski definition) is 3. The number of carbonyl (C=O) groups excluding carboxylic acids is 1. The van der Waals surface area contributed by atoms with E-state index in [-0.39, 0.29) is 19.1 Å². The SMILES string of the molecule is C=CCNC(=O)N1CC(Oc2ncccc2C(F)(F)F)C1. The number of alkyl halides is 3. The largest absolute Gasteiger partial charge is 0.470 e. The molecule has 21 heavy (non-hydrogen) atoms. The first-order chi connectivity index (χ1) is 9.91. The molecule has 0 saturated carbocycles. The average molecular weight is 301 g/mol. The van der Waals surface area contributed by atoms with Crippen molar-refractivity contribution in [1.29, 1.82) is 0 Å². The molecule has 0 spiro atoms. The molecule has 1 aliphatic rings. The molecule has 0 bridgehead atoms. The Labute approximate surface area is 119 Å². The molecule has 0 radical (unpaired) electrons. The number of rotatable bonds is 4. The number of urea groups is 1. The maximum Gasteiger partial charge on any atom is 0.421 e. The summed E-state index contributed by atoms with van der Waals surface area (Å²) in [6.07, 6.45) is -2.24. The number of nitrogens with one attached hydrogen (secondary N) is 1. The van der Waals surface area contributed by atoms with Crippen molar-refractivity contribution < 1.29 is 22.7 Å². The van der Waals surface area contributed by atoms with Crippen molar-refractivity contribution >= 4 is 6.03 Å². The van der Waals surface area contributed by atoms with E-state index in [2.05, 4.69) is 16.9 Å². The van der Waals surface area contributed by atoms with E-state index in [0.717, 1.165) is 6.07 Å². The first-order valence-corrected chi connectivity index (χ1v) is 6.24. The van der Waals surface area contributed by atoms with Crippen LogP contribution >= 0.6 is 0 Å². The standard InChI is InChI=1S/C13H14F3N3O2/c1-2-5-18-12(20)19-7-9(8-19)21-11-10(13(14,15)16)4-3-6-17-11/h2-4,6,9H,1,5,7-8H2,(H,18,20). The van der Waals surface area contributed by atoms with E-state index in [0.29, 0.717) is 6.54 Å². The lowest BCUT2D eigenvalue weighted by atomic mass is 10.2. The molecule has 0 unspecified atom stereocenters. The molecule has 0 atom stereocenters. The second kappa shape index (κ2) is 6.02. The zero-order valence-electron chi connectivity index (χ0n) is 11.1. The van der Waals surface area contributed by atoms with Crippen LogP contribution in [0.3, 0.4) is 0 Å². The smallest absolute Gasteiger partial charge is 0.421 e. The van der Waals surface area contributed by atoms with Crippen molar-refractivity contribution in [3.05, 3.63) is 36.5 Å². The van der Waals surface area contributed by atoms with Gasteiger partial charge in [0.05, 0.1) is 13.1 Å². The maximum atomic E-state index is 12.8. The molecule has 8 heteroatoms. The van der Waals surface area contributed by atoms with E-state index in [9.17, 15) is 18.0 Å². The fraction of sp³-hybridized carbons (Fsp3) is 0.385. The van der Waals surface area contributed by atoms with Gasteiger partial charge in [0.25, 0.3) is 0 Å². The fourth-order valence-electron chi connectivity index (χ4n) is 1.81. The fourth-order valence-corrected chi connectivity index (χ4v) is 1.81. The number of aromatic nitrogens is 1. The van der Waals surface area contributed by atoms with Gasteiger partial charge < -0.3 is 15.0 Å². The van der Waals surface area contributed by atoms with Crippen LogP contribution in [0.25, 0.3) is 0 Å². The van der Waals surface area contributed by atoms with Gasteiger partial charge in [0.2, 0.25) is 5.88 Å². The number of likely N-dealkylation sites (tertiary alicyclic amines) is 1. The summed E-state index contributed by atoms with van der Waals surface area (Å²) in [6, 6.07) is 1.81. The molecule has 1 aromatic heterocycles. The monoisotopic (exact) mass is 301 g/mol. The van der Waals surface area contributed by atoms with Gasteiger partial charge in [0.15, 0.2) is 0 Å². The van der Waals surface area contributed by atoms with Gasteiger partial charge in [-0.2, -0.15) is 13.2 Å². The molecule has 1 aliphatic heterocycles. The van der Waals surface area contributed by atoms with E-state index in [4.69, 9.17) is 4.74 Å². The molecule has 5 nitrogen and oxygen atoms in total. The predicted molar refractivity (Wildman–Crippen MR) is 68.8 cm³/mol. The van der Waals surface area contributed by atoms with Gasteiger partial charge in [0, 0.05) is 12.7 Å². The van der Waals surface area contributed by atoms with Gasteiger partial charge in [-0.25, -0.2) is 9.78 Å². The maximum absolute atomic E-state index is 12.8. The highest BCUT2D eigenvalue weighted by molar-refractivity contribution is 5.75. The van der Waals surface area contributed by atoms with Crippen molar-refractivity contribution in [2.45, 2.75) is 12.3 Å². The zero-order chi connectivity index (χ0) is 15.5. The summed E-state index contributed by atoms with van der Waals surface area (Å²) in [7, 11) is 0. The van der Waals surface area contributed by atoms with Gasteiger partial charge in [-0.3, -0.25) is 0 Å². The summed E-state index contributed by atoms with van der Waals surface area (Å²) in [5, 5.41) is 2.57. The molecule has 2 rings (SSSR count). The van der Waals surface area contributed by atoms with Crippen molar-refractivity contribution in [2.75, 3.05) is 19.6 Å². The highest BCUT2D eigenvalue weighted by Gasteiger charge is 2.38. The summed E-state index contributed by atoms with van der Waals surface area (Å²) in [4.78, 5) is 16.6. The van der Waals surface area contributed by atoms with Crippen molar-refractivity contribution in [3.63, 3.8) is 0 Å². The van der Waals surface area contributed by atoms with Crippen LogP contribution in [0.4, 0.5) is 18.0 Å².